The highest BCUT2D eigenvalue weighted by Gasteiger charge is 2.12. The normalized spacial score (nSPS) is 13.1. The summed E-state index contributed by atoms with van der Waals surface area (Å²) in [7, 11) is 0.833. The lowest BCUT2D eigenvalue weighted by Gasteiger charge is -2.17. The van der Waals surface area contributed by atoms with Gasteiger partial charge in [0, 0.05) is 27.4 Å². The Morgan fingerprint density at radius 3 is 0.900 bits per heavy atom. The van der Waals surface area contributed by atoms with Crippen molar-refractivity contribution in [3.05, 3.63) is 0 Å². The molecular formula is C42H87O7P. The third-order valence-electron chi connectivity index (χ3n) is 9.88. The Balaban J connectivity index is 3.53. The fourth-order valence-electron chi connectivity index (χ4n) is 6.35. The third kappa shape index (κ3) is 39.2. The van der Waals surface area contributed by atoms with Crippen molar-refractivity contribution in [2.45, 2.75) is 219 Å². The summed E-state index contributed by atoms with van der Waals surface area (Å²) < 4.78 is 45.8. The third-order valence-corrected chi connectivity index (χ3v) is 10.8. The monoisotopic (exact) mass is 735 g/mol. The second-order valence-corrected chi connectivity index (χ2v) is 15.7. The molecule has 0 amide bonds. The van der Waals surface area contributed by atoms with Crippen LogP contribution in [-0.4, -0.2) is 66.1 Å². The summed E-state index contributed by atoms with van der Waals surface area (Å²) in [6.45, 7) is 7.82. The van der Waals surface area contributed by atoms with Gasteiger partial charge < -0.3 is 28.0 Å². The molecule has 0 unspecified atom stereocenters. The van der Waals surface area contributed by atoms with E-state index in [1.807, 2.05) is 0 Å². The Morgan fingerprint density at radius 2 is 0.640 bits per heavy atom. The molecule has 0 saturated carbocycles. The molecule has 0 N–H and O–H groups in total. The predicted octanol–water partition coefficient (Wildman–Crippen LogP) is 13.2. The molecule has 0 bridgehead atoms. The first-order valence-corrected chi connectivity index (χ1v) is 22.9. The first-order valence-electron chi connectivity index (χ1n) is 21.7. The number of methoxy groups -OCH3 is 2. The van der Waals surface area contributed by atoms with Crippen molar-refractivity contribution < 1.29 is 32.6 Å². The van der Waals surface area contributed by atoms with Crippen LogP contribution >= 0.6 is 8.25 Å². The van der Waals surface area contributed by atoms with Crippen molar-refractivity contribution in [3.63, 3.8) is 0 Å². The maximum Gasteiger partial charge on any atom is 0.319 e. The Morgan fingerprint density at radius 1 is 0.380 bits per heavy atom. The lowest BCUT2D eigenvalue weighted by molar-refractivity contribution is -0.00593. The quantitative estimate of drug-likeness (QED) is 0.0456. The highest BCUT2D eigenvalue weighted by Crippen LogP contribution is 2.25. The molecule has 0 aliphatic carbocycles. The zero-order chi connectivity index (χ0) is 36.4. The van der Waals surface area contributed by atoms with Gasteiger partial charge in [0.2, 0.25) is 0 Å². The second-order valence-electron chi connectivity index (χ2n) is 14.6. The van der Waals surface area contributed by atoms with E-state index in [4.69, 9.17) is 28.0 Å². The van der Waals surface area contributed by atoms with Gasteiger partial charge in [0.25, 0.3) is 0 Å². The largest absolute Gasteiger partial charge is 0.379 e. The van der Waals surface area contributed by atoms with Gasteiger partial charge in [-0.05, 0) is 25.7 Å². The van der Waals surface area contributed by atoms with Gasteiger partial charge in [-0.3, -0.25) is 4.57 Å². The molecule has 0 rings (SSSR count). The van der Waals surface area contributed by atoms with Crippen molar-refractivity contribution in [1.29, 1.82) is 0 Å². The lowest BCUT2D eigenvalue weighted by atomic mass is 10.0. The molecule has 0 saturated heterocycles. The first-order chi connectivity index (χ1) is 24.7. The summed E-state index contributed by atoms with van der Waals surface area (Å²) in [6.07, 6.45) is 39.1. The van der Waals surface area contributed by atoms with Gasteiger partial charge in [0.1, 0.15) is 0 Å². The molecule has 0 heterocycles. The van der Waals surface area contributed by atoms with Gasteiger partial charge in [-0.1, -0.05) is 181 Å². The van der Waals surface area contributed by atoms with Gasteiger partial charge in [0.05, 0.1) is 38.6 Å². The van der Waals surface area contributed by atoms with E-state index < -0.39 is 8.25 Å². The summed E-state index contributed by atoms with van der Waals surface area (Å²) in [4.78, 5) is 0. The number of rotatable bonds is 44. The van der Waals surface area contributed by atoms with Crippen LogP contribution in [0.1, 0.15) is 206 Å². The molecule has 0 aromatic heterocycles. The Hall–Kier alpha value is -0.0100. The Bertz CT molecular complexity index is 602. The fraction of sp³-hybridized carbons (Fsp3) is 1.00. The van der Waals surface area contributed by atoms with Crippen LogP contribution < -0.4 is 0 Å². The number of unbranched alkanes of at least 4 members (excludes halogenated alkanes) is 26. The van der Waals surface area contributed by atoms with Gasteiger partial charge in [-0.15, -0.1) is 0 Å². The molecule has 0 aromatic carbocycles. The highest BCUT2D eigenvalue weighted by atomic mass is 31.1. The van der Waals surface area contributed by atoms with Crippen LogP contribution in [0.5, 0.6) is 0 Å². The minimum Gasteiger partial charge on any atom is -0.379 e. The molecule has 7 nitrogen and oxygen atoms in total. The van der Waals surface area contributed by atoms with E-state index in [2.05, 4.69) is 13.8 Å². The lowest BCUT2D eigenvalue weighted by Crippen LogP contribution is -2.21. The number of hydrogen-bond donors (Lipinski definition) is 0. The molecular weight excluding hydrogens is 647 g/mol. The topological polar surface area (TPSA) is 72.5 Å². The van der Waals surface area contributed by atoms with Crippen molar-refractivity contribution in [2.24, 2.45) is 0 Å². The molecule has 0 aliphatic heterocycles. The van der Waals surface area contributed by atoms with E-state index in [0.29, 0.717) is 39.3 Å². The summed E-state index contributed by atoms with van der Waals surface area (Å²) >= 11 is 0. The average molecular weight is 735 g/mol. The van der Waals surface area contributed by atoms with Gasteiger partial charge in [0.15, 0.2) is 0 Å². The van der Waals surface area contributed by atoms with E-state index in [1.165, 1.54) is 167 Å². The second kappa shape index (κ2) is 43.4. The van der Waals surface area contributed by atoms with E-state index in [-0.39, 0.29) is 12.2 Å². The summed E-state index contributed by atoms with van der Waals surface area (Å²) in [5.74, 6) is 0. The number of ether oxygens (including phenoxy) is 4. The maximum absolute atomic E-state index is 12.2. The van der Waals surface area contributed by atoms with E-state index in [9.17, 15) is 4.57 Å². The standard InChI is InChI=1S/C42H87O7P/c1-5-7-9-11-13-15-17-19-21-23-25-27-29-31-35-46-39-41(44-3)33-37-48-50(43)49-38-34-42(45-4)40-47-36-32-30-28-26-24-22-20-18-16-14-12-10-8-6-2/h41-42,50H,5-40H2,1-4H3/t41-,42-/m0/s1. The molecule has 0 aliphatic rings. The van der Waals surface area contributed by atoms with Crippen LogP contribution in [0.4, 0.5) is 0 Å². The van der Waals surface area contributed by atoms with Crippen LogP contribution in [0.2, 0.25) is 0 Å². The fourth-order valence-corrected chi connectivity index (χ4v) is 7.01. The predicted molar refractivity (Wildman–Crippen MR) is 214 cm³/mol. The van der Waals surface area contributed by atoms with Crippen LogP contribution in [-0.2, 0) is 32.6 Å². The molecule has 0 fully saturated rings. The Labute approximate surface area is 312 Å². The summed E-state index contributed by atoms with van der Waals surface area (Å²) in [5.41, 5.74) is 0. The van der Waals surface area contributed by atoms with E-state index in [0.717, 1.165) is 26.1 Å². The summed E-state index contributed by atoms with van der Waals surface area (Å²) in [5, 5.41) is 0. The van der Waals surface area contributed by atoms with Gasteiger partial charge in [-0.2, -0.15) is 0 Å². The zero-order valence-corrected chi connectivity index (χ0v) is 35.0. The van der Waals surface area contributed by atoms with E-state index >= 15 is 0 Å². The van der Waals surface area contributed by atoms with Crippen LogP contribution in [0.25, 0.3) is 0 Å². The SMILES string of the molecule is CCCCCCCCCCCCCCCCOC[C@H](CCO[PH](=O)OCC[C@@H](COCCCCCCCCCCCCCCCC)OC)OC. The molecule has 8 heteroatoms. The van der Waals surface area contributed by atoms with Crippen molar-refractivity contribution in [2.75, 3.05) is 53.9 Å². The molecule has 0 spiro atoms. The Kier molecular flexibility index (Phi) is 43.4. The van der Waals surface area contributed by atoms with Crippen molar-refractivity contribution in [3.8, 4) is 0 Å². The molecule has 50 heavy (non-hydrogen) atoms. The van der Waals surface area contributed by atoms with Gasteiger partial charge >= 0.3 is 8.25 Å². The average Bonchev–Trinajstić information content (AvgIpc) is 3.12. The smallest absolute Gasteiger partial charge is 0.319 e. The minimum atomic E-state index is -2.54. The minimum absolute atomic E-state index is 0.0637. The molecule has 0 aromatic rings. The van der Waals surface area contributed by atoms with Crippen LogP contribution in [0.3, 0.4) is 0 Å². The molecule has 2 atom stereocenters. The molecule has 302 valence electrons. The van der Waals surface area contributed by atoms with Gasteiger partial charge in [-0.25, -0.2) is 0 Å². The highest BCUT2D eigenvalue weighted by molar-refractivity contribution is 7.33. The van der Waals surface area contributed by atoms with E-state index in [1.54, 1.807) is 14.2 Å². The maximum atomic E-state index is 12.2. The number of hydrogen-bond acceptors (Lipinski definition) is 7. The van der Waals surface area contributed by atoms with Crippen molar-refractivity contribution in [1.82, 2.24) is 0 Å². The molecule has 0 radical (unpaired) electrons. The zero-order valence-electron chi connectivity index (χ0n) is 34.0. The summed E-state index contributed by atoms with van der Waals surface area (Å²) in [6, 6.07) is 0. The van der Waals surface area contributed by atoms with Crippen LogP contribution in [0, 0.1) is 0 Å². The first kappa shape index (κ1) is 50.0. The van der Waals surface area contributed by atoms with Crippen molar-refractivity contribution >= 4 is 8.25 Å². The van der Waals surface area contributed by atoms with Crippen LogP contribution in [0.15, 0.2) is 0 Å².